The SMILES string of the molecule is CCOC(C)(C)OC(=O)C(C)(C)CC. The normalized spacial score (nSPS) is 12.7. The molecule has 0 aromatic heterocycles. The molecule has 0 aliphatic heterocycles. The third kappa shape index (κ3) is 4.09. The molecule has 0 amide bonds. The van der Waals surface area contributed by atoms with E-state index in [1.807, 2.05) is 27.7 Å². The Balaban J connectivity index is 4.31. The van der Waals surface area contributed by atoms with Crippen LogP contribution in [-0.2, 0) is 14.3 Å². The first-order valence-electron chi connectivity index (χ1n) is 5.12. The number of hydrogen-bond acceptors (Lipinski definition) is 3. The van der Waals surface area contributed by atoms with Crippen molar-refractivity contribution in [2.45, 2.75) is 53.8 Å². The Morgan fingerprint density at radius 1 is 1.14 bits per heavy atom. The van der Waals surface area contributed by atoms with Gasteiger partial charge in [-0.25, -0.2) is 0 Å². The van der Waals surface area contributed by atoms with E-state index in [0.29, 0.717) is 6.61 Å². The maximum absolute atomic E-state index is 11.7. The van der Waals surface area contributed by atoms with Gasteiger partial charge >= 0.3 is 5.97 Å². The van der Waals surface area contributed by atoms with Crippen LogP contribution in [-0.4, -0.2) is 18.4 Å². The molecule has 0 saturated heterocycles. The second-order valence-electron chi connectivity index (χ2n) is 4.46. The minimum atomic E-state index is -0.821. The second kappa shape index (κ2) is 4.78. The Hall–Kier alpha value is -0.570. The Labute approximate surface area is 86.8 Å². The largest absolute Gasteiger partial charge is 0.433 e. The Kier molecular flexibility index (Phi) is 4.59. The lowest BCUT2D eigenvalue weighted by molar-refractivity contribution is -0.222. The zero-order valence-corrected chi connectivity index (χ0v) is 10.1. The number of carbonyl (C=O) groups excluding carboxylic acids is 1. The fourth-order valence-corrected chi connectivity index (χ4v) is 0.883. The molecule has 0 radical (unpaired) electrons. The van der Waals surface area contributed by atoms with Crippen molar-refractivity contribution in [3.63, 3.8) is 0 Å². The summed E-state index contributed by atoms with van der Waals surface area (Å²) in [7, 11) is 0. The molecule has 0 aromatic rings. The highest BCUT2D eigenvalue weighted by molar-refractivity contribution is 5.76. The minimum absolute atomic E-state index is 0.210. The van der Waals surface area contributed by atoms with Crippen LogP contribution in [0.15, 0.2) is 0 Å². The van der Waals surface area contributed by atoms with Gasteiger partial charge in [0.2, 0.25) is 5.79 Å². The van der Waals surface area contributed by atoms with Gasteiger partial charge in [0.15, 0.2) is 0 Å². The highest BCUT2D eigenvalue weighted by atomic mass is 16.7. The summed E-state index contributed by atoms with van der Waals surface area (Å²) in [6.45, 7) is 11.6. The molecule has 0 spiro atoms. The highest BCUT2D eigenvalue weighted by Gasteiger charge is 2.32. The Bertz CT molecular complexity index is 195. The van der Waals surface area contributed by atoms with Gasteiger partial charge in [-0.05, 0) is 27.2 Å². The van der Waals surface area contributed by atoms with E-state index in [9.17, 15) is 4.79 Å². The molecule has 0 unspecified atom stereocenters. The van der Waals surface area contributed by atoms with Gasteiger partial charge in [0.25, 0.3) is 0 Å². The minimum Gasteiger partial charge on any atom is -0.433 e. The molecule has 0 aromatic carbocycles. The molecule has 3 heteroatoms. The van der Waals surface area contributed by atoms with Gasteiger partial charge in [0.1, 0.15) is 0 Å². The van der Waals surface area contributed by atoms with Crippen molar-refractivity contribution in [2.24, 2.45) is 5.41 Å². The molecule has 0 atom stereocenters. The highest BCUT2D eigenvalue weighted by Crippen LogP contribution is 2.25. The first-order valence-corrected chi connectivity index (χ1v) is 5.12. The summed E-state index contributed by atoms with van der Waals surface area (Å²) in [5, 5.41) is 0. The molecule has 3 nitrogen and oxygen atoms in total. The summed E-state index contributed by atoms with van der Waals surface area (Å²) < 4.78 is 10.6. The fraction of sp³-hybridized carbons (Fsp3) is 0.909. The molecule has 0 aliphatic carbocycles. The van der Waals surface area contributed by atoms with E-state index >= 15 is 0 Å². The lowest BCUT2D eigenvalue weighted by atomic mass is 9.90. The van der Waals surface area contributed by atoms with Crippen LogP contribution in [0.5, 0.6) is 0 Å². The van der Waals surface area contributed by atoms with Crippen LogP contribution < -0.4 is 0 Å². The van der Waals surface area contributed by atoms with Crippen LogP contribution in [0.1, 0.15) is 48.0 Å². The maximum atomic E-state index is 11.7. The summed E-state index contributed by atoms with van der Waals surface area (Å²) >= 11 is 0. The predicted octanol–water partition coefficient (Wildman–Crippen LogP) is 2.74. The fourth-order valence-electron chi connectivity index (χ4n) is 0.883. The van der Waals surface area contributed by atoms with E-state index in [1.165, 1.54) is 0 Å². The molecular formula is C11H22O3. The molecule has 0 aliphatic rings. The van der Waals surface area contributed by atoms with Crippen molar-refractivity contribution in [2.75, 3.05) is 6.61 Å². The van der Waals surface area contributed by atoms with Gasteiger partial charge < -0.3 is 9.47 Å². The lowest BCUT2D eigenvalue weighted by Gasteiger charge is -2.29. The van der Waals surface area contributed by atoms with Crippen molar-refractivity contribution < 1.29 is 14.3 Å². The smallest absolute Gasteiger partial charge is 0.313 e. The number of hydrogen-bond donors (Lipinski definition) is 0. The second-order valence-corrected chi connectivity index (χ2v) is 4.46. The van der Waals surface area contributed by atoms with Crippen LogP contribution in [0.25, 0.3) is 0 Å². The van der Waals surface area contributed by atoms with Crippen LogP contribution in [0.2, 0.25) is 0 Å². The summed E-state index contributed by atoms with van der Waals surface area (Å²) in [6, 6.07) is 0. The van der Waals surface area contributed by atoms with E-state index in [-0.39, 0.29) is 5.97 Å². The topological polar surface area (TPSA) is 35.5 Å². The van der Waals surface area contributed by atoms with Crippen LogP contribution in [0.4, 0.5) is 0 Å². The summed E-state index contributed by atoms with van der Waals surface area (Å²) in [4.78, 5) is 11.7. The van der Waals surface area contributed by atoms with E-state index in [2.05, 4.69) is 0 Å². The number of esters is 1. The summed E-state index contributed by atoms with van der Waals surface area (Å²) in [6.07, 6.45) is 0.758. The molecule has 0 heterocycles. The predicted molar refractivity (Wildman–Crippen MR) is 55.9 cm³/mol. The standard InChI is InChI=1S/C11H22O3/c1-7-10(3,4)9(12)14-11(5,6)13-8-2/h7-8H2,1-6H3. The van der Waals surface area contributed by atoms with Gasteiger partial charge in [-0.1, -0.05) is 6.92 Å². The zero-order valence-electron chi connectivity index (χ0n) is 10.1. The van der Waals surface area contributed by atoms with Gasteiger partial charge in [0, 0.05) is 20.5 Å². The average Bonchev–Trinajstić information content (AvgIpc) is 2.03. The average molecular weight is 202 g/mol. The first kappa shape index (κ1) is 13.4. The van der Waals surface area contributed by atoms with Crippen molar-refractivity contribution in [3.8, 4) is 0 Å². The van der Waals surface area contributed by atoms with Crippen molar-refractivity contribution in [1.82, 2.24) is 0 Å². The van der Waals surface area contributed by atoms with E-state index in [1.54, 1.807) is 13.8 Å². The number of carbonyl (C=O) groups is 1. The maximum Gasteiger partial charge on any atom is 0.313 e. The molecule has 14 heavy (non-hydrogen) atoms. The lowest BCUT2D eigenvalue weighted by Crippen LogP contribution is -2.37. The van der Waals surface area contributed by atoms with Gasteiger partial charge in [-0.15, -0.1) is 0 Å². The zero-order chi connectivity index (χ0) is 11.4. The molecule has 0 fully saturated rings. The molecular weight excluding hydrogens is 180 g/mol. The monoisotopic (exact) mass is 202 g/mol. The first-order chi connectivity index (χ1) is 6.25. The van der Waals surface area contributed by atoms with Crippen LogP contribution in [0.3, 0.4) is 0 Å². The molecule has 0 bridgehead atoms. The van der Waals surface area contributed by atoms with Crippen molar-refractivity contribution >= 4 is 5.97 Å². The molecule has 0 rings (SSSR count). The van der Waals surface area contributed by atoms with E-state index in [0.717, 1.165) is 6.42 Å². The van der Waals surface area contributed by atoms with E-state index < -0.39 is 11.2 Å². The van der Waals surface area contributed by atoms with Gasteiger partial charge in [-0.2, -0.15) is 0 Å². The number of ether oxygens (including phenoxy) is 2. The van der Waals surface area contributed by atoms with Crippen molar-refractivity contribution in [1.29, 1.82) is 0 Å². The van der Waals surface area contributed by atoms with Crippen molar-refractivity contribution in [3.05, 3.63) is 0 Å². The molecule has 84 valence electrons. The van der Waals surface area contributed by atoms with E-state index in [4.69, 9.17) is 9.47 Å². The summed E-state index contributed by atoms with van der Waals surface area (Å²) in [5.74, 6) is -1.03. The van der Waals surface area contributed by atoms with Crippen LogP contribution >= 0.6 is 0 Å². The molecule has 0 N–H and O–H groups in total. The third-order valence-electron chi connectivity index (χ3n) is 2.27. The van der Waals surface area contributed by atoms with Gasteiger partial charge in [-0.3, -0.25) is 4.79 Å². The molecule has 0 saturated carbocycles. The Morgan fingerprint density at radius 2 is 1.64 bits per heavy atom. The van der Waals surface area contributed by atoms with Crippen LogP contribution in [0, 0.1) is 5.41 Å². The quantitative estimate of drug-likeness (QED) is 0.508. The Morgan fingerprint density at radius 3 is 2.00 bits per heavy atom. The number of rotatable bonds is 5. The van der Waals surface area contributed by atoms with Gasteiger partial charge in [0.05, 0.1) is 5.41 Å². The summed E-state index contributed by atoms with van der Waals surface area (Å²) in [5.41, 5.74) is -0.436. The third-order valence-corrected chi connectivity index (χ3v) is 2.27.